The largest absolute Gasteiger partial charge is 0.360 e. The summed E-state index contributed by atoms with van der Waals surface area (Å²) in [5.74, 6) is -0.500. The molecule has 0 saturated heterocycles. The van der Waals surface area contributed by atoms with Crippen molar-refractivity contribution in [3.63, 3.8) is 0 Å². The number of nitrogens with zero attached hydrogens (tertiary/aromatic N) is 1. The fraction of sp³-hybridized carbons (Fsp3) is 0.0500. The van der Waals surface area contributed by atoms with Gasteiger partial charge in [0.1, 0.15) is 5.56 Å². The number of thiazole rings is 1. The predicted molar refractivity (Wildman–Crippen MR) is 110 cm³/mol. The molecule has 134 valence electrons. The number of halogens is 1. The summed E-state index contributed by atoms with van der Waals surface area (Å²) in [7, 11) is 0. The van der Waals surface area contributed by atoms with E-state index in [2.05, 4.69) is 15.3 Å². The van der Waals surface area contributed by atoms with Gasteiger partial charge in [-0.25, -0.2) is 4.98 Å². The van der Waals surface area contributed by atoms with Crippen LogP contribution in [0.3, 0.4) is 0 Å². The van der Waals surface area contributed by atoms with Gasteiger partial charge in [0.15, 0.2) is 5.13 Å². The molecule has 0 fully saturated rings. The van der Waals surface area contributed by atoms with E-state index in [-0.39, 0.29) is 11.0 Å². The minimum absolute atomic E-state index is 0.0284. The first-order valence-corrected chi connectivity index (χ1v) is 9.43. The van der Waals surface area contributed by atoms with E-state index in [1.807, 2.05) is 42.6 Å². The molecule has 0 radical (unpaired) electrons. The zero-order valence-corrected chi connectivity index (χ0v) is 15.8. The van der Waals surface area contributed by atoms with E-state index in [1.54, 1.807) is 12.1 Å². The van der Waals surface area contributed by atoms with E-state index in [9.17, 15) is 9.59 Å². The van der Waals surface area contributed by atoms with Gasteiger partial charge in [-0.05, 0) is 24.6 Å². The van der Waals surface area contributed by atoms with Crippen LogP contribution < -0.4 is 10.7 Å². The van der Waals surface area contributed by atoms with Gasteiger partial charge in [0.05, 0.1) is 11.2 Å². The fourth-order valence-electron chi connectivity index (χ4n) is 2.82. The van der Waals surface area contributed by atoms with Crippen LogP contribution in [0.5, 0.6) is 0 Å². The summed E-state index contributed by atoms with van der Waals surface area (Å²) in [5, 5.41) is 5.99. The molecule has 0 bridgehead atoms. The summed E-state index contributed by atoms with van der Waals surface area (Å²) in [4.78, 5) is 32.7. The Morgan fingerprint density at radius 3 is 2.74 bits per heavy atom. The number of benzene rings is 2. The number of aryl methyl sites for hydroxylation is 1. The first kappa shape index (κ1) is 17.5. The maximum atomic E-state index is 12.7. The third-order valence-electron chi connectivity index (χ3n) is 4.29. The molecule has 2 heterocycles. The molecular weight excluding hydrogens is 382 g/mol. The van der Waals surface area contributed by atoms with Crippen LogP contribution in [-0.2, 0) is 0 Å². The average molecular weight is 396 g/mol. The number of carbonyl (C=O) groups is 1. The maximum Gasteiger partial charge on any atom is 0.262 e. The lowest BCUT2D eigenvalue weighted by Crippen LogP contribution is -2.22. The van der Waals surface area contributed by atoms with Crippen molar-refractivity contribution in [2.24, 2.45) is 0 Å². The topological polar surface area (TPSA) is 74.8 Å². The summed E-state index contributed by atoms with van der Waals surface area (Å²) in [6.07, 6.45) is 1.41. The lowest BCUT2D eigenvalue weighted by molar-refractivity contribution is 0.102. The normalized spacial score (nSPS) is 10.9. The van der Waals surface area contributed by atoms with Crippen LogP contribution in [0.4, 0.5) is 5.13 Å². The van der Waals surface area contributed by atoms with Crippen molar-refractivity contribution in [2.45, 2.75) is 6.92 Å². The quantitative estimate of drug-likeness (QED) is 0.519. The molecule has 1 amide bonds. The van der Waals surface area contributed by atoms with Crippen LogP contribution in [0.15, 0.2) is 58.8 Å². The van der Waals surface area contributed by atoms with E-state index in [4.69, 9.17) is 11.6 Å². The summed E-state index contributed by atoms with van der Waals surface area (Å²) in [6.45, 7) is 1.82. The van der Waals surface area contributed by atoms with Gasteiger partial charge in [-0.3, -0.25) is 14.9 Å². The number of aromatic nitrogens is 2. The van der Waals surface area contributed by atoms with Gasteiger partial charge in [0, 0.05) is 27.5 Å². The summed E-state index contributed by atoms with van der Waals surface area (Å²) < 4.78 is 0. The van der Waals surface area contributed by atoms with Gasteiger partial charge < -0.3 is 4.98 Å². The molecule has 0 aliphatic carbocycles. The molecule has 0 unspecified atom stereocenters. The molecular formula is C20H14ClN3O2S. The van der Waals surface area contributed by atoms with Crippen molar-refractivity contribution < 1.29 is 4.79 Å². The minimum atomic E-state index is -0.500. The summed E-state index contributed by atoms with van der Waals surface area (Å²) >= 11 is 7.40. The number of pyridine rings is 1. The van der Waals surface area contributed by atoms with E-state index in [0.717, 1.165) is 16.8 Å². The van der Waals surface area contributed by atoms with Gasteiger partial charge in [-0.2, -0.15) is 0 Å². The molecule has 0 saturated carbocycles. The Kier molecular flexibility index (Phi) is 4.51. The number of rotatable bonds is 3. The third kappa shape index (κ3) is 3.25. The number of fused-ring (bicyclic) bond motifs is 1. The van der Waals surface area contributed by atoms with Crippen molar-refractivity contribution in [3.8, 4) is 11.3 Å². The molecule has 27 heavy (non-hydrogen) atoms. The van der Waals surface area contributed by atoms with Gasteiger partial charge in [-0.15, -0.1) is 11.3 Å². The third-order valence-corrected chi connectivity index (χ3v) is 5.46. The molecule has 2 N–H and O–H groups in total. The van der Waals surface area contributed by atoms with Crippen molar-refractivity contribution >= 4 is 44.9 Å². The Hall–Kier alpha value is -2.96. The second-order valence-electron chi connectivity index (χ2n) is 5.98. The smallest absolute Gasteiger partial charge is 0.262 e. The molecule has 0 aliphatic heterocycles. The van der Waals surface area contributed by atoms with Gasteiger partial charge in [0.2, 0.25) is 5.43 Å². The number of amides is 1. The lowest BCUT2D eigenvalue weighted by Gasteiger charge is -2.06. The SMILES string of the molecule is Cc1c(Cl)ccc2c(=O)c(C(=O)Nc3nc(-c4ccccc4)cs3)c[nH]c12. The zero-order chi connectivity index (χ0) is 19.0. The zero-order valence-electron chi connectivity index (χ0n) is 14.2. The number of hydrogen-bond acceptors (Lipinski definition) is 4. The highest BCUT2D eigenvalue weighted by atomic mass is 35.5. The second kappa shape index (κ2) is 6.98. The minimum Gasteiger partial charge on any atom is -0.360 e. The lowest BCUT2D eigenvalue weighted by atomic mass is 10.1. The molecule has 4 aromatic rings. The number of carbonyl (C=O) groups excluding carboxylic acids is 1. The molecule has 4 rings (SSSR count). The van der Waals surface area contributed by atoms with Crippen LogP contribution in [0, 0.1) is 6.92 Å². The standard InChI is InChI=1S/C20H14ClN3O2S/c1-11-15(21)8-7-13-17(11)22-9-14(18(13)25)19(26)24-20-23-16(10-27-20)12-5-3-2-4-6-12/h2-10H,1H3,(H,22,25)(H,23,24,26). The molecule has 5 nitrogen and oxygen atoms in total. The number of hydrogen-bond donors (Lipinski definition) is 2. The summed E-state index contributed by atoms with van der Waals surface area (Å²) in [6, 6.07) is 13.0. The van der Waals surface area contributed by atoms with E-state index in [0.29, 0.717) is 21.1 Å². The van der Waals surface area contributed by atoms with Crippen LogP contribution in [0.1, 0.15) is 15.9 Å². The Labute approximate surface area is 163 Å². The molecule has 0 aliphatic rings. The Morgan fingerprint density at radius 2 is 1.96 bits per heavy atom. The van der Waals surface area contributed by atoms with E-state index in [1.165, 1.54) is 17.5 Å². The van der Waals surface area contributed by atoms with Crippen LogP contribution in [0.25, 0.3) is 22.2 Å². The first-order chi connectivity index (χ1) is 13.0. The highest BCUT2D eigenvalue weighted by Gasteiger charge is 2.16. The molecule has 7 heteroatoms. The van der Waals surface area contributed by atoms with E-state index >= 15 is 0 Å². The van der Waals surface area contributed by atoms with Crippen molar-refractivity contribution in [2.75, 3.05) is 5.32 Å². The predicted octanol–water partition coefficient (Wildman–Crippen LogP) is 4.87. The van der Waals surface area contributed by atoms with Crippen LogP contribution in [-0.4, -0.2) is 15.9 Å². The second-order valence-corrected chi connectivity index (χ2v) is 7.25. The van der Waals surface area contributed by atoms with Gasteiger partial charge in [-0.1, -0.05) is 41.9 Å². The number of nitrogens with one attached hydrogen (secondary N) is 2. The fourth-order valence-corrected chi connectivity index (χ4v) is 3.69. The number of anilines is 1. The monoisotopic (exact) mass is 395 g/mol. The average Bonchev–Trinajstić information content (AvgIpc) is 3.14. The van der Waals surface area contributed by atoms with Crippen molar-refractivity contribution in [3.05, 3.63) is 80.4 Å². The first-order valence-electron chi connectivity index (χ1n) is 8.17. The molecule has 2 aromatic carbocycles. The highest BCUT2D eigenvalue weighted by molar-refractivity contribution is 7.14. The Morgan fingerprint density at radius 1 is 1.19 bits per heavy atom. The van der Waals surface area contributed by atoms with Crippen LogP contribution in [0.2, 0.25) is 5.02 Å². The van der Waals surface area contributed by atoms with Crippen molar-refractivity contribution in [1.29, 1.82) is 0 Å². The Balaban J connectivity index is 1.64. The maximum absolute atomic E-state index is 12.7. The molecule has 0 spiro atoms. The molecule has 0 atom stereocenters. The summed E-state index contributed by atoms with van der Waals surface area (Å²) in [5.41, 5.74) is 2.82. The number of aromatic amines is 1. The Bertz CT molecular complexity index is 1220. The molecule has 2 aromatic heterocycles. The van der Waals surface area contributed by atoms with Crippen molar-refractivity contribution in [1.82, 2.24) is 9.97 Å². The van der Waals surface area contributed by atoms with E-state index < -0.39 is 5.91 Å². The van der Waals surface area contributed by atoms with Gasteiger partial charge >= 0.3 is 0 Å². The van der Waals surface area contributed by atoms with Crippen LogP contribution >= 0.6 is 22.9 Å². The highest BCUT2D eigenvalue weighted by Crippen LogP contribution is 2.25. The van der Waals surface area contributed by atoms with Gasteiger partial charge in [0.25, 0.3) is 5.91 Å². The number of H-pyrrole nitrogens is 1.